The minimum absolute atomic E-state index is 0.210. The molecule has 1 aromatic rings. The third-order valence-corrected chi connectivity index (χ3v) is 5.56. The van der Waals surface area contributed by atoms with Crippen molar-refractivity contribution in [2.24, 2.45) is 0 Å². The minimum atomic E-state index is -4.00. The maximum absolute atomic E-state index is 13.3. The Labute approximate surface area is 117 Å². The van der Waals surface area contributed by atoms with E-state index in [2.05, 4.69) is 0 Å². The van der Waals surface area contributed by atoms with Crippen LogP contribution >= 0.6 is 0 Å². The van der Waals surface area contributed by atoms with E-state index < -0.39 is 32.3 Å². The van der Waals surface area contributed by atoms with Gasteiger partial charge in [0.1, 0.15) is 5.82 Å². The monoisotopic (exact) mass is 301 g/mol. The van der Waals surface area contributed by atoms with E-state index in [9.17, 15) is 17.6 Å². The lowest BCUT2D eigenvalue weighted by molar-refractivity contribution is 0.0692. The molecule has 1 N–H and O–H groups in total. The Morgan fingerprint density at radius 3 is 2.70 bits per heavy atom. The average molecular weight is 301 g/mol. The number of aromatic carboxylic acids is 1. The van der Waals surface area contributed by atoms with Gasteiger partial charge in [-0.2, -0.15) is 4.31 Å². The number of carboxylic acid groups (broad SMARTS) is 1. The number of sulfonamides is 1. The standard InChI is InChI=1S/C13H16FNO4S/c1-9-4-2-3-7-15(9)20(18,19)12-8-10(14)5-6-11(12)13(16)17/h5-6,8-9H,2-4,7H2,1H3,(H,16,17). The highest BCUT2D eigenvalue weighted by Gasteiger charge is 2.34. The highest BCUT2D eigenvalue weighted by molar-refractivity contribution is 7.89. The molecule has 0 radical (unpaired) electrons. The first kappa shape index (κ1) is 14.9. The molecule has 7 heteroatoms. The van der Waals surface area contributed by atoms with Crippen LogP contribution in [-0.2, 0) is 10.0 Å². The van der Waals surface area contributed by atoms with Crippen LogP contribution in [0.1, 0.15) is 36.5 Å². The van der Waals surface area contributed by atoms with Gasteiger partial charge in [-0.1, -0.05) is 6.42 Å². The van der Waals surface area contributed by atoms with Gasteiger partial charge in [-0.05, 0) is 38.0 Å². The lowest BCUT2D eigenvalue weighted by Gasteiger charge is -2.32. The number of benzene rings is 1. The fraction of sp³-hybridized carbons (Fsp3) is 0.462. The van der Waals surface area contributed by atoms with Gasteiger partial charge in [0.05, 0.1) is 10.5 Å². The van der Waals surface area contributed by atoms with Crippen molar-refractivity contribution in [1.82, 2.24) is 4.31 Å². The van der Waals surface area contributed by atoms with Crippen LogP contribution in [0.15, 0.2) is 23.1 Å². The number of carbonyl (C=O) groups is 1. The molecular weight excluding hydrogens is 285 g/mol. The molecule has 1 heterocycles. The highest BCUT2D eigenvalue weighted by Crippen LogP contribution is 2.27. The second kappa shape index (κ2) is 5.49. The largest absolute Gasteiger partial charge is 0.478 e. The van der Waals surface area contributed by atoms with Gasteiger partial charge in [-0.15, -0.1) is 0 Å². The van der Waals surface area contributed by atoms with E-state index in [1.807, 2.05) is 0 Å². The molecule has 0 saturated carbocycles. The molecule has 1 aromatic carbocycles. The van der Waals surface area contributed by atoms with Crippen LogP contribution in [-0.4, -0.2) is 36.4 Å². The van der Waals surface area contributed by atoms with E-state index in [1.54, 1.807) is 6.92 Å². The quantitative estimate of drug-likeness (QED) is 0.927. The van der Waals surface area contributed by atoms with Crippen molar-refractivity contribution >= 4 is 16.0 Å². The van der Waals surface area contributed by atoms with E-state index in [-0.39, 0.29) is 6.04 Å². The Balaban J connectivity index is 2.53. The van der Waals surface area contributed by atoms with Crippen LogP contribution in [0.4, 0.5) is 4.39 Å². The Morgan fingerprint density at radius 1 is 1.40 bits per heavy atom. The summed E-state index contributed by atoms with van der Waals surface area (Å²) in [5, 5.41) is 9.08. The molecule has 1 fully saturated rings. The molecule has 0 aromatic heterocycles. The second-order valence-electron chi connectivity index (χ2n) is 4.91. The van der Waals surface area contributed by atoms with Crippen molar-refractivity contribution in [3.8, 4) is 0 Å². The van der Waals surface area contributed by atoms with Gasteiger partial charge in [0.2, 0.25) is 10.0 Å². The summed E-state index contributed by atoms with van der Waals surface area (Å²) in [5.41, 5.74) is -0.399. The van der Waals surface area contributed by atoms with E-state index in [0.29, 0.717) is 6.54 Å². The molecule has 20 heavy (non-hydrogen) atoms. The van der Waals surface area contributed by atoms with Gasteiger partial charge in [0.25, 0.3) is 0 Å². The highest BCUT2D eigenvalue weighted by atomic mass is 32.2. The Hall–Kier alpha value is -1.47. The van der Waals surface area contributed by atoms with Crippen molar-refractivity contribution in [1.29, 1.82) is 0 Å². The van der Waals surface area contributed by atoms with E-state index in [0.717, 1.165) is 37.5 Å². The Morgan fingerprint density at radius 2 is 2.10 bits per heavy atom. The summed E-state index contributed by atoms with van der Waals surface area (Å²) < 4.78 is 39.7. The van der Waals surface area contributed by atoms with Crippen molar-refractivity contribution in [3.63, 3.8) is 0 Å². The molecule has 1 unspecified atom stereocenters. The average Bonchev–Trinajstić information content (AvgIpc) is 2.38. The van der Waals surface area contributed by atoms with Gasteiger partial charge in [0, 0.05) is 12.6 Å². The minimum Gasteiger partial charge on any atom is -0.478 e. The number of rotatable bonds is 3. The molecule has 0 amide bonds. The summed E-state index contributed by atoms with van der Waals surface area (Å²) in [4.78, 5) is 10.7. The molecule has 5 nitrogen and oxygen atoms in total. The van der Waals surface area contributed by atoms with Crippen LogP contribution in [0.25, 0.3) is 0 Å². The van der Waals surface area contributed by atoms with E-state index in [4.69, 9.17) is 5.11 Å². The molecule has 1 atom stereocenters. The maximum atomic E-state index is 13.3. The summed E-state index contributed by atoms with van der Waals surface area (Å²) in [7, 11) is -4.00. The topological polar surface area (TPSA) is 74.7 Å². The first-order chi connectivity index (χ1) is 9.34. The molecule has 1 aliphatic heterocycles. The van der Waals surface area contributed by atoms with Crippen molar-refractivity contribution in [2.45, 2.75) is 37.1 Å². The fourth-order valence-electron chi connectivity index (χ4n) is 2.44. The normalized spacial score (nSPS) is 20.8. The molecule has 0 spiro atoms. The third-order valence-electron chi connectivity index (χ3n) is 3.50. The number of nitrogens with zero attached hydrogens (tertiary/aromatic N) is 1. The van der Waals surface area contributed by atoms with Crippen LogP contribution in [0, 0.1) is 5.82 Å². The van der Waals surface area contributed by atoms with Gasteiger partial charge < -0.3 is 5.11 Å². The zero-order valence-electron chi connectivity index (χ0n) is 11.0. The summed E-state index contributed by atoms with van der Waals surface area (Å²) in [5.74, 6) is -2.15. The van der Waals surface area contributed by atoms with Gasteiger partial charge in [-0.25, -0.2) is 17.6 Å². The number of piperidine rings is 1. The van der Waals surface area contributed by atoms with Gasteiger partial charge in [0.15, 0.2) is 0 Å². The third kappa shape index (κ3) is 2.69. The summed E-state index contributed by atoms with van der Waals surface area (Å²) >= 11 is 0. The van der Waals surface area contributed by atoms with E-state index in [1.165, 1.54) is 4.31 Å². The number of carboxylic acids is 1. The van der Waals surface area contributed by atoms with Gasteiger partial charge >= 0.3 is 5.97 Å². The summed E-state index contributed by atoms with van der Waals surface area (Å²) in [6.45, 7) is 2.11. The number of hydrogen-bond donors (Lipinski definition) is 1. The lowest BCUT2D eigenvalue weighted by atomic mass is 10.1. The molecule has 0 aliphatic carbocycles. The zero-order chi connectivity index (χ0) is 14.9. The van der Waals surface area contributed by atoms with Crippen LogP contribution < -0.4 is 0 Å². The second-order valence-corrected chi connectivity index (χ2v) is 6.77. The molecule has 0 bridgehead atoms. The predicted molar refractivity (Wildman–Crippen MR) is 70.6 cm³/mol. The lowest BCUT2D eigenvalue weighted by Crippen LogP contribution is -2.42. The zero-order valence-corrected chi connectivity index (χ0v) is 11.9. The summed E-state index contributed by atoms with van der Waals surface area (Å²) in [6.07, 6.45) is 2.38. The first-order valence-electron chi connectivity index (χ1n) is 6.38. The Bertz CT molecular complexity index is 629. The maximum Gasteiger partial charge on any atom is 0.337 e. The van der Waals surface area contributed by atoms with Crippen molar-refractivity contribution in [3.05, 3.63) is 29.6 Å². The fourth-order valence-corrected chi connectivity index (χ4v) is 4.34. The number of hydrogen-bond acceptors (Lipinski definition) is 3. The first-order valence-corrected chi connectivity index (χ1v) is 7.82. The molecule has 1 aliphatic rings. The smallest absolute Gasteiger partial charge is 0.337 e. The molecule has 1 saturated heterocycles. The summed E-state index contributed by atoms with van der Waals surface area (Å²) in [6, 6.07) is 2.50. The SMILES string of the molecule is CC1CCCCN1S(=O)(=O)c1cc(F)ccc1C(=O)O. The van der Waals surface area contributed by atoms with Crippen molar-refractivity contribution in [2.75, 3.05) is 6.54 Å². The number of halogens is 1. The molecule has 110 valence electrons. The van der Waals surface area contributed by atoms with Crippen molar-refractivity contribution < 1.29 is 22.7 Å². The predicted octanol–water partition coefficient (Wildman–Crippen LogP) is 2.09. The van der Waals surface area contributed by atoms with Crippen LogP contribution in [0.3, 0.4) is 0 Å². The van der Waals surface area contributed by atoms with Crippen LogP contribution in [0.2, 0.25) is 0 Å². The Kier molecular flexibility index (Phi) is 4.10. The van der Waals surface area contributed by atoms with E-state index >= 15 is 0 Å². The molecule has 2 rings (SSSR count). The van der Waals surface area contributed by atoms with Crippen LogP contribution in [0.5, 0.6) is 0 Å². The van der Waals surface area contributed by atoms with Gasteiger partial charge in [-0.3, -0.25) is 0 Å². The molecular formula is C13H16FNO4S.